The first kappa shape index (κ1) is 23.7. The summed E-state index contributed by atoms with van der Waals surface area (Å²) in [6.45, 7) is 0. The fraction of sp³-hybridized carbons (Fsp3) is 0.348. The summed E-state index contributed by atoms with van der Waals surface area (Å²) < 4.78 is 55.3. The monoisotopic (exact) mass is 476 g/mol. The quantitative estimate of drug-likeness (QED) is 0.385. The molecule has 2 heterocycles. The second-order valence-electron chi connectivity index (χ2n) is 8.07. The van der Waals surface area contributed by atoms with Gasteiger partial charge in [-0.1, -0.05) is 6.07 Å². The molecule has 4 rings (SSSR count). The van der Waals surface area contributed by atoms with Crippen LogP contribution in [-0.4, -0.2) is 39.6 Å². The summed E-state index contributed by atoms with van der Waals surface area (Å²) in [5.74, 6) is 0.513. The molecule has 0 bridgehead atoms. The molecule has 0 atom stereocenters. The number of anilines is 3. The van der Waals surface area contributed by atoms with Gasteiger partial charge in [0.15, 0.2) is 0 Å². The average molecular weight is 476 g/mol. The van der Waals surface area contributed by atoms with E-state index in [9.17, 15) is 17.6 Å². The van der Waals surface area contributed by atoms with Crippen molar-refractivity contribution in [1.29, 1.82) is 0 Å². The molecule has 0 spiro atoms. The maximum atomic E-state index is 13.2. The van der Waals surface area contributed by atoms with Crippen LogP contribution in [0.4, 0.5) is 35.0 Å². The molecule has 1 aliphatic carbocycles. The highest BCUT2D eigenvalue weighted by molar-refractivity contribution is 5.65. The van der Waals surface area contributed by atoms with Crippen molar-refractivity contribution < 1.29 is 22.3 Å². The van der Waals surface area contributed by atoms with E-state index in [1.807, 2.05) is 12.1 Å². The van der Waals surface area contributed by atoms with Gasteiger partial charge in [0.05, 0.1) is 5.69 Å². The van der Waals surface area contributed by atoms with Crippen LogP contribution < -0.4 is 21.1 Å². The van der Waals surface area contributed by atoms with Crippen LogP contribution >= 0.6 is 0 Å². The molecule has 0 aliphatic heterocycles. The maximum Gasteiger partial charge on any atom is 0.461 e. The van der Waals surface area contributed by atoms with Crippen molar-refractivity contribution in [3.05, 3.63) is 54.9 Å². The summed E-state index contributed by atoms with van der Waals surface area (Å²) >= 11 is 0. The molecule has 3 aromatic rings. The molecule has 1 saturated carbocycles. The highest BCUT2D eigenvalue weighted by Crippen LogP contribution is 2.30. The molecule has 0 saturated heterocycles. The van der Waals surface area contributed by atoms with Crippen LogP contribution in [0, 0.1) is 0 Å². The number of pyridine rings is 1. The van der Waals surface area contributed by atoms with E-state index in [-0.39, 0.29) is 12.0 Å². The molecule has 1 aliphatic rings. The number of halogens is 4. The summed E-state index contributed by atoms with van der Waals surface area (Å²) in [4.78, 5) is 13.0. The van der Waals surface area contributed by atoms with E-state index in [1.165, 1.54) is 6.07 Å². The standard InChI is InChI=1S/C23H24F4N6O/c24-21(25)23(26,27)34-18-3-1-2-17(13-18)32-22-30-11-9-19(33-22)14-8-10-29-20(12-14)31-16-6-4-15(28)5-7-16/h1-3,8-13,15-16,21H,4-7,28H2,(H,29,31)(H,30,32,33). The average Bonchev–Trinajstić information content (AvgIpc) is 2.81. The molecule has 1 fully saturated rings. The van der Waals surface area contributed by atoms with Crippen molar-refractivity contribution >= 4 is 17.5 Å². The van der Waals surface area contributed by atoms with Gasteiger partial charge < -0.3 is 21.1 Å². The SMILES string of the molecule is NC1CCC(Nc2cc(-c3ccnc(Nc4cccc(OC(F)(F)C(F)F)c4)n3)ccn2)CC1. The molecule has 0 radical (unpaired) electrons. The Balaban J connectivity index is 1.46. The van der Waals surface area contributed by atoms with E-state index in [2.05, 4.69) is 30.3 Å². The number of rotatable bonds is 8. The van der Waals surface area contributed by atoms with E-state index < -0.39 is 18.3 Å². The molecule has 7 nitrogen and oxygen atoms in total. The number of aromatic nitrogens is 3. The van der Waals surface area contributed by atoms with Crippen molar-refractivity contribution in [1.82, 2.24) is 15.0 Å². The van der Waals surface area contributed by atoms with Crippen molar-refractivity contribution in [2.24, 2.45) is 5.73 Å². The molecule has 11 heteroatoms. The minimum absolute atomic E-state index is 0.197. The minimum atomic E-state index is -4.59. The lowest BCUT2D eigenvalue weighted by Crippen LogP contribution is -2.33. The highest BCUT2D eigenvalue weighted by Gasteiger charge is 2.44. The van der Waals surface area contributed by atoms with Gasteiger partial charge in [-0.3, -0.25) is 0 Å². The smallest absolute Gasteiger partial charge is 0.428 e. The van der Waals surface area contributed by atoms with Crippen LogP contribution in [0.3, 0.4) is 0 Å². The Morgan fingerprint density at radius 3 is 2.53 bits per heavy atom. The third-order valence-corrected chi connectivity index (χ3v) is 5.43. The van der Waals surface area contributed by atoms with Gasteiger partial charge in [-0.2, -0.15) is 17.6 Å². The third-order valence-electron chi connectivity index (χ3n) is 5.43. The summed E-state index contributed by atoms with van der Waals surface area (Å²) in [6.07, 6.45) is -1.38. The summed E-state index contributed by atoms with van der Waals surface area (Å²) in [5, 5.41) is 6.32. The van der Waals surface area contributed by atoms with Crippen LogP contribution in [0.15, 0.2) is 54.9 Å². The number of ether oxygens (including phenoxy) is 1. The number of alkyl halides is 4. The first-order valence-corrected chi connectivity index (χ1v) is 10.8. The fourth-order valence-corrected chi connectivity index (χ4v) is 3.69. The Kier molecular flexibility index (Phi) is 7.11. The van der Waals surface area contributed by atoms with Crippen molar-refractivity contribution in [3.63, 3.8) is 0 Å². The van der Waals surface area contributed by atoms with Gasteiger partial charge in [0, 0.05) is 41.8 Å². The van der Waals surface area contributed by atoms with Gasteiger partial charge in [0.25, 0.3) is 0 Å². The van der Waals surface area contributed by atoms with E-state index in [4.69, 9.17) is 5.73 Å². The topological polar surface area (TPSA) is 98.0 Å². The van der Waals surface area contributed by atoms with E-state index in [0.717, 1.165) is 49.2 Å². The van der Waals surface area contributed by atoms with E-state index in [1.54, 1.807) is 24.5 Å². The molecule has 34 heavy (non-hydrogen) atoms. The van der Waals surface area contributed by atoms with Gasteiger partial charge in [-0.15, -0.1) is 0 Å². The lowest BCUT2D eigenvalue weighted by molar-refractivity contribution is -0.253. The van der Waals surface area contributed by atoms with Gasteiger partial charge in [0.1, 0.15) is 11.6 Å². The lowest BCUT2D eigenvalue weighted by Gasteiger charge is -2.27. The predicted molar refractivity (Wildman–Crippen MR) is 120 cm³/mol. The zero-order valence-electron chi connectivity index (χ0n) is 18.1. The maximum absolute atomic E-state index is 13.2. The van der Waals surface area contributed by atoms with Gasteiger partial charge >= 0.3 is 12.5 Å². The van der Waals surface area contributed by atoms with Crippen molar-refractivity contribution in [3.8, 4) is 17.0 Å². The molecule has 1 aromatic carbocycles. The number of nitrogens with two attached hydrogens (primary N) is 1. The molecular weight excluding hydrogens is 452 g/mol. The second-order valence-corrected chi connectivity index (χ2v) is 8.07. The van der Waals surface area contributed by atoms with Crippen LogP contribution in [0.25, 0.3) is 11.3 Å². The number of hydrogen-bond acceptors (Lipinski definition) is 7. The molecule has 180 valence electrons. The predicted octanol–water partition coefficient (Wildman–Crippen LogP) is 5.20. The van der Waals surface area contributed by atoms with Gasteiger partial charge in [-0.05, 0) is 56.0 Å². The molecule has 0 amide bonds. The first-order chi connectivity index (χ1) is 16.3. The summed E-state index contributed by atoms with van der Waals surface area (Å²) in [6, 6.07) is 11.3. The molecule has 0 unspecified atom stereocenters. The summed E-state index contributed by atoms with van der Waals surface area (Å²) in [5.41, 5.74) is 7.70. The molecule has 2 aromatic heterocycles. The zero-order chi connectivity index (χ0) is 24.1. The van der Waals surface area contributed by atoms with E-state index >= 15 is 0 Å². The number of benzene rings is 1. The largest absolute Gasteiger partial charge is 0.461 e. The van der Waals surface area contributed by atoms with Crippen LogP contribution in [-0.2, 0) is 0 Å². The zero-order valence-corrected chi connectivity index (χ0v) is 18.1. The lowest BCUT2D eigenvalue weighted by atomic mass is 9.92. The first-order valence-electron chi connectivity index (χ1n) is 10.8. The highest BCUT2D eigenvalue weighted by atomic mass is 19.3. The Hall–Kier alpha value is -3.47. The Labute approximate surface area is 193 Å². The minimum Gasteiger partial charge on any atom is -0.428 e. The number of nitrogens with zero attached hydrogens (tertiary/aromatic N) is 3. The second kappa shape index (κ2) is 10.2. The van der Waals surface area contributed by atoms with Gasteiger partial charge in [0.2, 0.25) is 5.95 Å². The normalized spacial score (nSPS) is 18.5. The Bertz CT molecular complexity index is 1110. The Morgan fingerprint density at radius 1 is 1.00 bits per heavy atom. The van der Waals surface area contributed by atoms with Gasteiger partial charge in [-0.25, -0.2) is 15.0 Å². The fourth-order valence-electron chi connectivity index (χ4n) is 3.69. The third kappa shape index (κ3) is 6.10. The van der Waals surface area contributed by atoms with Crippen LogP contribution in [0.2, 0.25) is 0 Å². The van der Waals surface area contributed by atoms with Crippen molar-refractivity contribution in [2.45, 2.75) is 50.3 Å². The molecular formula is C23H24F4N6O. The number of hydrogen-bond donors (Lipinski definition) is 3. The van der Waals surface area contributed by atoms with E-state index in [0.29, 0.717) is 17.4 Å². The van der Waals surface area contributed by atoms with Crippen molar-refractivity contribution in [2.75, 3.05) is 10.6 Å². The van der Waals surface area contributed by atoms with Crippen LogP contribution in [0.1, 0.15) is 25.7 Å². The molecule has 4 N–H and O–H groups in total. The summed E-state index contributed by atoms with van der Waals surface area (Å²) in [7, 11) is 0. The van der Waals surface area contributed by atoms with Crippen LogP contribution in [0.5, 0.6) is 5.75 Å². The number of nitrogens with one attached hydrogen (secondary N) is 2. The Morgan fingerprint density at radius 2 is 1.76 bits per heavy atom.